The zero-order chi connectivity index (χ0) is 11.8. The number of hydrogen-bond acceptors (Lipinski definition) is 2. The number of nitrogen functional groups attached to an aromatic ring is 1. The molecule has 0 aliphatic heterocycles. The van der Waals surface area contributed by atoms with Crippen LogP contribution in [0, 0.1) is 0 Å². The summed E-state index contributed by atoms with van der Waals surface area (Å²) in [6, 6.07) is 6.34. The van der Waals surface area contributed by atoms with E-state index in [1.807, 2.05) is 0 Å². The molecule has 0 aliphatic rings. The summed E-state index contributed by atoms with van der Waals surface area (Å²) >= 11 is 0. The van der Waals surface area contributed by atoms with Crippen LogP contribution >= 0.6 is 0 Å². The molecule has 1 aromatic carbocycles. The highest BCUT2D eigenvalue weighted by molar-refractivity contribution is 5.62. The van der Waals surface area contributed by atoms with E-state index in [2.05, 4.69) is 10.2 Å². The molecule has 0 atom stereocenters. The van der Waals surface area contributed by atoms with E-state index in [0.29, 0.717) is 17.1 Å². The summed E-state index contributed by atoms with van der Waals surface area (Å²) < 4.78 is 36.9. The molecule has 0 saturated heterocycles. The molecule has 2 rings (SSSR count). The first-order valence-electron chi connectivity index (χ1n) is 4.45. The van der Waals surface area contributed by atoms with Crippen molar-refractivity contribution in [1.82, 2.24) is 10.2 Å². The van der Waals surface area contributed by atoms with Gasteiger partial charge >= 0.3 is 6.18 Å². The number of nitrogens with one attached hydrogen (secondary N) is 1. The van der Waals surface area contributed by atoms with E-state index in [1.54, 1.807) is 6.07 Å². The zero-order valence-corrected chi connectivity index (χ0v) is 8.05. The predicted octanol–water partition coefficient (Wildman–Crippen LogP) is 2.68. The van der Waals surface area contributed by atoms with Crippen LogP contribution in [0.3, 0.4) is 0 Å². The maximum atomic E-state index is 12.3. The highest BCUT2D eigenvalue weighted by Gasteiger charge is 2.29. The van der Waals surface area contributed by atoms with Crippen LogP contribution in [0.4, 0.5) is 19.0 Å². The molecule has 0 fully saturated rings. The minimum atomic E-state index is -4.31. The minimum absolute atomic E-state index is 0.301. The second kappa shape index (κ2) is 3.55. The Bertz CT molecular complexity index is 485. The Hall–Kier alpha value is -1.98. The summed E-state index contributed by atoms with van der Waals surface area (Å²) in [6.45, 7) is 0. The number of aromatic nitrogens is 2. The van der Waals surface area contributed by atoms with Gasteiger partial charge in [0.15, 0.2) is 0 Å². The number of H-pyrrole nitrogens is 1. The molecule has 6 heteroatoms. The van der Waals surface area contributed by atoms with Gasteiger partial charge in [-0.25, -0.2) is 0 Å². The number of anilines is 1. The van der Waals surface area contributed by atoms with Crippen LogP contribution in [0.1, 0.15) is 5.56 Å². The molecule has 0 radical (unpaired) electrons. The van der Waals surface area contributed by atoms with Gasteiger partial charge in [0.05, 0.1) is 11.3 Å². The van der Waals surface area contributed by atoms with Crippen molar-refractivity contribution < 1.29 is 13.2 Å². The molecule has 0 bridgehead atoms. The van der Waals surface area contributed by atoms with Crippen LogP contribution in [0.2, 0.25) is 0 Å². The Morgan fingerprint density at radius 2 is 1.75 bits per heavy atom. The monoisotopic (exact) mass is 227 g/mol. The summed E-state index contributed by atoms with van der Waals surface area (Å²) in [4.78, 5) is 0. The fourth-order valence-electron chi connectivity index (χ4n) is 1.32. The molecule has 3 N–H and O–H groups in total. The lowest BCUT2D eigenvalue weighted by Crippen LogP contribution is -2.03. The summed E-state index contributed by atoms with van der Waals surface area (Å²) in [5, 5.41) is 6.32. The Balaban J connectivity index is 2.33. The second-order valence-corrected chi connectivity index (χ2v) is 3.28. The Morgan fingerprint density at radius 3 is 2.19 bits per heavy atom. The van der Waals surface area contributed by atoms with Crippen molar-refractivity contribution in [2.75, 3.05) is 5.73 Å². The van der Waals surface area contributed by atoms with Gasteiger partial charge in [-0.15, -0.1) is 0 Å². The average molecular weight is 227 g/mol. The lowest BCUT2D eigenvalue weighted by Gasteiger charge is -2.06. The smallest absolute Gasteiger partial charge is 0.382 e. The summed E-state index contributed by atoms with van der Waals surface area (Å²) in [7, 11) is 0. The highest BCUT2D eigenvalue weighted by atomic mass is 19.4. The molecule has 1 heterocycles. The van der Waals surface area contributed by atoms with E-state index in [0.717, 1.165) is 12.1 Å². The number of benzene rings is 1. The molecule has 0 saturated carbocycles. The van der Waals surface area contributed by atoms with Crippen molar-refractivity contribution >= 4 is 5.82 Å². The fourth-order valence-corrected chi connectivity index (χ4v) is 1.32. The van der Waals surface area contributed by atoms with Gasteiger partial charge in [0.25, 0.3) is 0 Å². The molecular weight excluding hydrogens is 219 g/mol. The van der Waals surface area contributed by atoms with Crippen molar-refractivity contribution in [2.45, 2.75) is 6.18 Å². The summed E-state index contributed by atoms with van der Waals surface area (Å²) in [6.07, 6.45) is -4.31. The van der Waals surface area contributed by atoms with E-state index in [9.17, 15) is 13.2 Å². The first-order valence-corrected chi connectivity index (χ1v) is 4.45. The van der Waals surface area contributed by atoms with Crippen molar-refractivity contribution in [2.24, 2.45) is 0 Å². The van der Waals surface area contributed by atoms with Gasteiger partial charge in [0, 0.05) is 6.07 Å². The number of alkyl halides is 3. The summed E-state index contributed by atoms with van der Waals surface area (Å²) in [5.74, 6) is 0.301. The van der Waals surface area contributed by atoms with Crippen LogP contribution in [0.5, 0.6) is 0 Å². The largest absolute Gasteiger partial charge is 0.416 e. The van der Waals surface area contributed by atoms with E-state index < -0.39 is 11.7 Å². The van der Waals surface area contributed by atoms with Crippen LogP contribution in [-0.2, 0) is 6.18 Å². The van der Waals surface area contributed by atoms with Crippen molar-refractivity contribution in [3.63, 3.8) is 0 Å². The predicted molar refractivity (Wildman–Crippen MR) is 53.4 cm³/mol. The topological polar surface area (TPSA) is 54.7 Å². The Kier molecular flexibility index (Phi) is 2.34. The molecular formula is C10H8F3N3. The normalized spacial score (nSPS) is 11.7. The first-order chi connectivity index (χ1) is 7.47. The second-order valence-electron chi connectivity index (χ2n) is 3.28. The SMILES string of the molecule is Nc1cc(-c2ccc(C(F)(F)F)cc2)[nH]n1. The first kappa shape index (κ1) is 10.5. The third-order valence-electron chi connectivity index (χ3n) is 2.12. The molecule has 84 valence electrons. The quantitative estimate of drug-likeness (QED) is 0.786. The molecule has 16 heavy (non-hydrogen) atoms. The number of nitrogens with zero attached hydrogens (tertiary/aromatic N) is 1. The number of halogens is 3. The fraction of sp³-hybridized carbons (Fsp3) is 0.100. The van der Waals surface area contributed by atoms with Gasteiger partial charge in [-0.3, -0.25) is 5.10 Å². The van der Waals surface area contributed by atoms with Gasteiger partial charge in [0.1, 0.15) is 5.82 Å². The highest BCUT2D eigenvalue weighted by Crippen LogP contribution is 2.30. The molecule has 0 amide bonds. The molecule has 2 aromatic rings. The maximum Gasteiger partial charge on any atom is 0.416 e. The van der Waals surface area contributed by atoms with Crippen molar-refractivity contribution in [1.29, 1.82) is 0 Å². The molecule has 0 unspecified atom stereocenters. The number of rotatable bonds is 1. The van der Waals surface area contributed by atoms with Crippen LogP contribution in [-0.4, -0.2) is 10.2 Å². The number of nitrogens with two attached hydrogens (primary N) is 1. The summed E-state index contributed by atoms with van der Waals surface area (Å²) in [5.41, 5.74) is 5.91. The number of aromatic amines is 1. The van der Waals surface area contributed by atoms with Gasteiger partial charge < -0.3 is 5.73 Å². The van der Waals surface area contributed by atoms with Gasteiger partial charge in [-0.05, 0) is 17.7 Å². The minimum Gasteiger partial charge on any atom is -0.382 e. The van der Waals surface area contributed by atoms with Crippen molar-refractivity contribution in [3.8, 4) is 11.3 Å². The Labute approximate surface area is 89.1 Å². The standard InChI is InChI=1S/C10H8F3N3/c11-10(12,13)7-3-1-6(2-4-7)8-5-9(14)16-15-8/h1-5H,(H3,14,15,16). The lowest BCUT2D eigenvalue weighted by molar-refractivity contribution is -0.137. The van der Waals surface area contributed by atoms with Crippen LogP contribution in [0.15, 0.2) is 30.3 Å². The number of hydrogen-bond donors (Lipinski definition) is 2. The lowest BCUT2D eigenvalue weighted by atomic mass is 10.1. The third-order valence-corrected chi connectivity index (χ3v) is 2.12. The molecule has 0 aliphatic carbocycles. The Morgan fingerprint density at radius 1 is 1.12 bits per heavy atom. The van der Waals surface area contributed by atoms with E-state index >= 15 is 0 Å². The maximum absolute atomic E-state index is 12.3. The van der Waals surface area contributed by atoms with E-state index in [-0.39, 0.29) is 0 Å². The molecule has 0 spiro atoms. The van der Waals surface area contributed by atoms with Gasteiger partial charge in [-0.1, -0.05) is 12.1 Å². The van der Waals surface area contributed by atoms with Gasteiger partial charge in [-0.2, -0.15) is 18.3 Å². The molecule has 3 nitrogen and oxygen atoms in total. The van der Waals surface area contributed by atoms with Gasteiger partial charge in [0.2, 0.25) is 0 Å². The molecule has 1 aromatic heterocycles. The van der Waals surface area contributed by atoms with Crippen molar-refractivity contribution in [3.05, 3.63) is 35.9 Å². The zero-order valence-electron chi connectivity index (χ0n) is 8.05. The van der Waals surface area contributed by atoms with E-state index in [4.69, 9.17) is 5.73 Å². The third kappa shape index (κ3) is 2.00. The van der Waals surface area contributed by atoms with Crippen LogP contribution < -0.4 is 5.73 Å². The average Bonchev–Trinajstić information content (AvgIpc) is 2.64. The van der Waals surface area contributed by atoms with E-state index in [1.165, 1.54) is 12.1 Å². The van der Waals surface area contributed by atoms with Crippen LogP contribution in [0.25, 0.3) is 11.3 Å².